The summed E-state index contributed by atoms with van der Waals surface area (Å²) < 4.78 is 0. The normalized spacial score (nSPS) is 10.7. The van der Waals surface area contributed by atoms with Gasteiger partial charge in [0.15, 0.2) is 0 Å². The third kappa shape index (κ3) is 7.14. The molecule has 122 valence electrons. The zero-order chi connectivity index (χ0) is 17.1. The summed E-state index contributed by atoms with van der Waals surface area (Å²) >= 11 is 0. The smallest absolute Gasteiger partial charge is 0.261 e. The van der Waals surface area contributed by atoms with Crippen LogP contribution in [-0.4, -0.2) is 30.0 Å². The van der Waals surface area contributed by atoms with Crippen molar-refractivity contribution in [2.24, 2.45) is 0 Å². The Morgan fingerprint density at radius 2 is 2.09 bits per heavy atom. The van der Waals surface area contributed by atoms with Crippen LogP contribution >= 0.6 is 0 Å². The van der Waals surface area contributed by atoms with Crippen LogP contribution in [0.15, 0.2) is 29.8 Å². The minimum Gasteiger partial charge on any atom is -0.508 e. The Balaban J connectivity index is 2.46. The summed E-state index contributed by atoms with van der Waals surface area (Å²) in [5.74, 6) is -0.476. The number of carbonyl (C=O) groups excluding carboxylic acids is 2. The Hall–Kier alpha value is -2.81. The molecule has 0 radical (unpaired) electrons. The number of nitrogens with one attached hydrogen (secondary N) is 2. The lowest BCUT2D eigenvalue weighted by molar-refractivity contribution is -0.121. The van der Waals surface area contributed by atoms with Gasteiger partial charge in [-0.3, -0.25) is 9.59 Å². The molecular weight excluding hydrogens is 294 g/mol. The second-order valence-corrected chi connectivity index (χ2v) is 4.97. The van der Waals surface area contributed by atoms with Crippen molar-refractivity contribution in [1.82, 2.24) is 10.6 Å². The number of rotatable bonds is 8. The van der Waals surface area contributed by atoms with Gasteiger partial charge in [-0.2, -0.15) is 5.26 Å². The van der Waals surface area contributed by atoms with Gasteiger partial charge in [0.2, 0.25) is 5.91 Å². The van der Waals surface area contributed by atoms with Crippen LogP contribution in [0.3, 0.4) is 0 Å². The standard InChI is InChI=1S/C17H21N3O3/c1-2-8-19-16(22)7-4-9-20-17(23)14(12-18)10-13-5-3-6-15(21)11-13/h3,5-6,10-11,21H,2,4,7-9H2,1H3,(H,19,22)(H,20,23)/b14-10+. The molecule has 2 amide bonds. The number of carbonyl (C=O) groups is 2. The molecule has 0 fully saturated rings. The lowest BCUT2D eigenvalue weighted by atomic mass is 10.1. The van der Waals surface area contributed by atoms with Gasteiger partial charge in [0.05, 0.1) is 0 Å². The minimum atomic E-state index is -0.496. The molecule has 3 N–H and O–H groups in total. The van der Waals surface area contributed by atoms with E-state index in [1.165, 1.54) is 18.2 Å². The molecule has 0 spiro atoms. The number of amides is 2. The number of hydrogen-bond acceptors (Lipinski definition) is 4. The number of phenolic OH excluding ortho intramolecular Hbond substituents is 1. The number of benzene rings is 1. The van der Waals surface area contributed by atoms with E-state index in [2.05, 4.69) is 10.6 Å². The molecule has 0 saturated carbocycles. The first kappa shape index (κ1) is 18.2. The van der Waals surface area contributed by atoms with E-state index in [1.54, 1.807) is 12.1 Å². The Morgan fingerprint density at radius 1 is 1.30 bits per heavy atom. The summed E-state index contributed by atoms with van der Waals surface area (Å²) in [5.41, 5.74) is 0.515. The highest BCUT2D eigenvalue weighted by molar-refractivity contribution is 6.01. The molecule has 1 aromatic carbocycles. The van der Waals surface area contributed by atoms with E-state index in [-0.39, 0.29) is 17.2 Å². The molecule has 0 atom stereocenters. The molecule has 0 aliphatic carbocycles. The molecule has 0 aliphatic rings. The zero-order valence-corrected chi connectivity index (χ0v) is 13.1. The van der Waals surface area contributed by atoms with Gasteiger partial charge in [-0.15, -0.1) is 0 Å². The number of phenols is 1. The monoisotopic (exact) mass is 315 g/mol. The second-order valence-electron chi connectivity index (χ2n) is 4.97. The lowest BCUT2D eigenvalue weighted by Gasteiger charge is -2.05. The van der Waals surface area contributed by atoms with Crippen molar-refractivity contribution < 1.29 is 14.7 Å². The predicted molar refractivity (Wildman–Crippen MR) is 87.2 cm³/mol. The molecule has 6 nitrogen and oxygen atoms in total. The van der Waals surface area contributed by atoms with Crippen molar-refractivity contribution in [3.8, 4) is 11.8 Å². The van der Waals surface area contributed by atoms with Crippen molar-refractivity contribution >= 4 is 17.9 Å². The largest absolute Gasteiger partial charge is 0.508 e. The zero-order valence-electron chi connectivity index (χ0n) is 13.1. The highest BCUT2D eigenvalue weighted by Crippen LogP contribution is 2.14. The van der Waals surface area contributed by atoms with E-state index in [4.69, 9.17) is 5.26 Å². The van der Waals surface area contributed by atoms with E-state index in [0.717, 1.165) is 6.42 Å². The minimum absolute atomic E-state index is 0.0445. The first-order chi connectivity index (χ1) is 11.1. The maximum absolute atomic E-state index is 11.9. The van der Waals surface area contributed by atoms with Gasteiger partial charge >= 0.3 is 0 Å². The third-order valence-corrected chi connectivity index (χ3v) is 2.98. The van der Waals surface area contributed by atoms with Gasteiger partial charge < -0.3 is 15.7 Å². The fraction of sp³-hybridized carbons (Fsp3) is 0.353. The Morgan fingerprint density at radius 3 is 2.74 bits per heavy atom. The fourth-order valence-corrected chi connectivity index (χ4v) is 1.83. The molecule has 0 heterocycles. The molecule has 0 saturated heterocycles. The highest BCUT2D eigenvalue weighted by atomic mass is 16.3. The molecule has 0 unspecified atom stereocenters. The molecular formula is C17H21N3O3. The van der Waals surface area contributed by atoms with Crippen LogP contribution < -0.4 is 10.6 Å². The first-order valence-corrected chi connectivity index (χ1v) is 7.52. The maximum atomic E-state index is 11.9. The van der Waals surface area contributed by atoms with E-state index in [0.29, 0.717) is 31.5 Å². The van der Waals surface area contributed by atoms with Gasteiger partial charge in [-0.1, -0.05) is 19.1 Å². The van der Waals surface area contributed by atoms with Crippen LogP contribution in [0.5, 0.6) is 5.75 Å². The topological polar surface area (TPSA) is 102 Å². The first-order valence-electron chi connectivity index (χ1n) is 7.52. The maximum Gasteiger partial charge on any atom is 0.261 e. The number of nitriles is 1. The Bertz CT molecular complexity index is 618. The van der Waals surface area contributed by atoms with Gasteiger partial charge in [0.25, 0.3) is 5.91 Å². The summed E-state index contributed by atoms with van der Waals surface area (Å²) in [4.78, 5) is 23.3. The fourth-order valence-electron chi connectivity index (χ4n) is 1.83. The summed E-state index contributed by atoms with van der Waals surface area (Å²) in [5, 5.41) is 23.8. The lowest BCUT2D eigenvalue weighted by Crippen LogP contribution is -2.28. The predicted octanol–water partition coefficient (Wildman–Crippen LogP) is 1.72. The van der Waals surface area contributed by atoms with Crippen LogP contribution in [0, 0.1) is 11.3 Å². The van der Waals surface area contributed by atoms with E-state index >= 15 is 0 Å². The van der Waals surface area contributed by atoms with E-state index in [9.17, 15) is 14.7 Å². The van der Waals surface area contributed by atoms with E-state index < -0.39 is 5.91 Å². The average Bonchev–Trinajstić information content (AvgIpc) is 2.54. The van der Waals surface area contributed by atoms with Gasteiger partial charge in [-0.05, 0) is 36.6 Å². The molecule has 0 aromatic heterocycles. The number of aromatic hydroxyl groups is 1. The van der Waals surface area contributed by atoms with Crippen molar-refractivity contribution in [1.29, 1.82) is 5.26 Å². The van der Waals surface area contributed by atoms with E-state index in [1.807, 2.05) is 13.0 Å². The molecule has 1 rings (SSSR count). The van der Waals surface area contributed by atoms with Crippen molar-refractivity contribution in [3.05, 3.63) is 35.4 Å². The number of hydrogen-bond donors (Lipinski definition) is 3. The van der Waals surface area contributed by atoms with Gasteiger partial charge in [0, 0.05) is 19.5 Å². The quantitative estimate of drug-likeness (QED) is 0.386. The van der Waals surface area contributed by atoms with Gasteiger partial charge in [-0.25, -0.2) is 0 Å². The average molecular weight is 315 g/mol. The molecule has 0 aliphatic heterocycles. The summed E-state index contributed by atoms with van der Waals surface area (Å²) in [7, 11) is 0. The van der Waals surface area contributed by atoms with Crippen LogP contribution in [0.4, 0.5) is 0 Å². The van der Waals surface area contributed by atoms with Crippen LogP contribution in [0.1, 0.15) is 31.7 Å². The molecule has 23 heavy (non-hydrogen) atoms. The van der Waals surface area contributed by atoms with Crippen LogP contribution in [-0.2, 0) is 9.59 Å². The third-order valence-electron chi connectivity index (χ3n) is 2.98. The highest BCUT2D eigenvalue weighted by Gasteiger charge is 2.09. The number of nitrogens with zero attached hydrogens (tertiary/aromatic N) is 1. The van der Waals surface area contributed by atoms with Crippen LogP contribution in [0.2, 0.25) is 0 Å². The van der Waals surface area contributed by atoms with Crippen molar-refractivity contribution in [2.75, 3.05) is 13.1 Å². The van der Waals surface area contributed by atoms with Crippen molar-refractivity contribution in [3.63, 3.8) is 0 Å². The Labute approximate surface area is 135 Å². The second kappa shape index (κ2) is 10.0. The SMILES string of the molecule is CCCNC(=O)CCCNC(=O)/C(C#N)=C/c1cccc(O)c1. The summed E-state index contributed by atoms with van der Waals surface area (Å²) in [6, 6.07) is 8.11. The Kier molecular flexibility index (Phi) is 7.94. The summed E-state index contributed by atoms with van der Waals surface area (Å²) in [6.45, 7) is 2.94. The molecule has 6 heteroatoms. The van der Waals surface area contributed by atoms with Crippen molar-refractivity contribution in [2.45, 2.75) is 26.2 Å². The molecule has 0 bridgehead atoms. The molecule has 1 aromatic rings. The van der Waals surface area contributed by atoms with Crippen LogP contribution in [0.25, 0.3) is 6.08 Å². The van der Waals surface area contributed by atoms with Gasteiger partial charge in [0.1, 0.15) is 17.4 Å². The summed E-state index contributed by atoms with van der Waals surface area (Å²) in [6.07, 6.45) is 3.13.